The molecule has 0 fully saturated rings. The number of anilines is 1. The van der Waals surface area contributed by atoms with Gasteiger partial charge in [0.15, 0.2) is 16.3 Å². The molecule has 6 nitrogen and oxygen atoms in total. The van der Waals surface area contributed by atoms with Gasteiger partial charge in [0.05, 0.1) is 0 Å². The van der Waals surface area contributed by atoms with Crippen LogP contribution in [0.25, 0.3) is 22.7 Å². The molecule has 2 aromatic heterocycles. The van der Waals surface area contributed by atoms with Gasteiger partial charge in [-0.3, -0.25) is 10.1 Å². The van der Waals surface area contributed by atoms with Gasteiger partial charge < -0.3 is 9.73 Å². The van der Waals surface area contributed by atoms with Crippen molar-refractivity contribution >= 4 is 51.8 Å². The van der Waals surface area contributed by atoms with Crippen LogP contribution >= 0.6 is 23.8 Å². The number of aryl methyl sites for hydroxylation is 1. The van der Waals surface area contributed by atoms with Crippen molar-refractivity contribution in [2.24, 2.45) is 0 Å². The van der Waals surface area contributed by atoms with Crippen molar-refractivity contribution in [1.29, 1.82) is 0 Å². The predicted molar refractivity (Wildman–Crippen MR) is 122 cm³/mol. The lowest BCUT2D eigenvalue weighted by molar-refractivity contribution is 0.0977. The van der Waals surface area contributed by atoms with Gasteiger partial charge in [-0.25, -0.2) is 4.98 Å². The summed E-state index contributed by atoms with van der Waals surface area (Å²) in [6, 6.07) is 14.3. The second-order valence-electron chi connectivity index (χ2n) is 6.69. The van der Waals surface area contributed by atoms with Crippen LogP contribution in [0.4, 0.5) is 5.69 Å². The molecule has 1 amide bonds. The fourth-order valence-electron chi connectivity index (χ4n) is 2.95. The molecule has 0 aliphatic carbocycles. The maximum absolute atomic E-state index is 12.5. The molecule has 0 bridgehead atoms. The molecule has 0 saturated carbocycles. The summed E-state index contributed by atoms with van der Waals surface area (Å²) >= 11 is 11.4. The highest BCUT2D eigenvalue weighted by atomic mass is 35.5. The Morgan fingerprint density at radius 3 is 2.73 bits per heavy atom. The maximum Gasteiger partial charge on any atom is 0.257 e. The predicted octanol–water partition coefficient (Wildman–Crippen LogP) is 5.29. The highest BCUT2D eigenvalue weighted by molar-refractivity contribution is 7.80. The van der Waals surface area contributed by atoms with Crippen molar-refractivity contribution in [3.63, 3.8) is 0 Å². The number of aromatic nitrogens is 2. The van der Waals surface area contributed by atoms with E-state index >= 15 is 0 Å². The molecule has 150 valence electrons. The normalized spacial score (nSPS) is 10.8. The van der Waals surface area contributed by atoms with Crippen molar-refractivity contribution in [2.45, 2.75) is 13.8 Å². The molecule has 0 aliphatic heterocycles. The average molecular weight is 437 g/mol. The van der Waals surface area contributed by atoms with Crippen LogP contribution in [0.1, 0.15) is 21.5 Å². The summed E-state index contributed by atoms with van der Waals surface area (Å²) in [5.41, 5.74) is 4.90. The number of thiocarbonyl (C=S) groups is 1. The Morgan fingerprint density at radius 2 is 1.97 bits per heavy atom. The van der Waals surface area contributed by atoms with E-state index in [2.05, 4.69) is 20.6 Å². The summed E-state index contributed by atoms with van der Waals surface area (Å²) in [7, 11) is 0. The van der Waals surface area contributed by atoms with E-state index < -0.39 is 0 Å². The monoisotopic (exact) mass is 436 g/mol. The van der Waals surface area contributed by atoms with Crippen LogP contribution in [0, 0.1) is 13.8 Å². The smallest absolute Gasteiger partial charge is 0.257 e. The van der Waals surface area contributed by atoms with E-state index in [1.54, 1.807) is 30.5 Å². The van der Waals surface area contributed by atoms with Gasteiger partial charge in [-0.2, -0.15) is 4.98 Å². The Bertz CT molecular complexity index is 1250. The van der Waals surface area contributed by atoms with Crippen molar-refractivity contribution in [3.05, 3.63) is 76.4 Å². The second-order valence-corrected chi connectivity index (χ2v) is 7.51. The lowest BCUT2D eigenvalue weighted by Gasteiger charge is -2.13. The molecule has 0 atom stereocenters. The van der Waals surface area contributed by atoms with Crippen molar-refractivity contribution in [2.75, 3.05) is 5.32 Å². The van der Waals surface area contributed by atoms with Gasteiger partial charge in [0.1, 0.15) is 0 Å². The summed E-state index contributed by atoms with van der Waals surface area (Å²) in [6.07, 6.45) is 1.67. The molecule has 0 saturated heterocycles. The van der Waals surface area contributed by atoms with Crippen LogP contribution in [0.3, 0.4) is 0 Å². The first-order valence-electron chi connectivity index (χ1n) is 9.12. The van der Waals surface area contributed by atoms with Gasteiger partial charge in [-0.1, -0.05) is 23.7 Å². The third-order valence-corrected chi connectivity index (χ3v) is 5.25. The molecule has 8 heteroatoms. The van der Waals surface area contributed by atoms with Crippen molar-refractivity contribution in [3.8, 4) is 11.5 Å². The highest BCUT2D eigenvalue weighted by Crippen LogP contribution is 2.30. The number of nitrogens with zero attached hydrogens (tertiary/aromatic N) is 2. The zero-order valence-electron chi connectivity index (χ0n) is 16.2. The SMILES string of the molecule is Cc1ccc(C(=O)NC(=S)Nc2cccc(-c3nc4ncccc4o3)c2C)cc1Cl. The minimum atomic E-state index is -0.340. The fraction of sp³-hybridized carbons (Fsp3) is 0.0909. The number of hydrogen-bond donors (Lipinski definition) is 2. The van der Waals surface area contributed by atoms with E-state index in [1.165, 1.54) is 0 Å². The van der Waals surface area contributed by atoms with Crippen LogP contribution in [0.2, 0.25) is 5.02 Å². The van der Waals surface area contributed by atoms with Crippen LogP contribution < -0.4 is 10.6 Å². The zero-order chi connectivity index (χ0) is 21.3. The van der Waals surface area contributed by atoms with Gasteiger partial charge in [0.2, 0.25) is 5.89 Å². The lowest BCUT2D eigenvalue weighted by Crippen LogP contribution is -2.34. The Labute approximate surface area is 183 Å². The Morgan fingerprint density at radius 1 is 1.13 bits per heavy atom. The Hall–Kier alpha value is -3.29. The van der Waals surface area contributed by atoms with Gasteiger partial charge in [-0.05, 0) is 73.6 Å². The minimum Gasteiger partial charge on any atom is -0.434 e. The first-order valence-corrected chi connectivity index (χ1v) is 9.91. The zero-order valence-corrected chi connectivity index (χ0v) is 17.8. The Balaban J connectivity index is 1.53. The third-order valence-electron chi connectivity index (χ3n) is 4.64. The van der Waals surface area contributed by atoms with E-state index in [0.717, 1.165) is 22.4 Å². The van der Waals surface area contributed by atoms with E-state index in [1.807, 2.05) is 38.1 Å². The number of pyridine rings is 1. The first kappa shape index (κ1) is 20.0. The topological polar surface area (TPSA) is 80.0 Å². The molecule has 2 N–H and O–H groups in total. The number of carbonyl (C=O) groups is 1. The number of carbonyl (C=O) groups excluding carboxylic acids is 1. The summed E-state index contributed by atoms with van der Waals surface area (Å²) in [5.74, 6) is 0.127. The number of hydrogen-bond acceptors (Lipinski definition) is 5. The molecule has 30 heavy (non-hydrogen) atoms. The average Bonchev–Trinajstić information content (AvgIpc) is 3.15. The maximum atomic E-state index is 12.5. The van der Waals surface area contributed by atoms with Crippen LogP contribution in [0.15, 0.2) is 59.1 Å². The van der Waals surface area contributed by atoms with E-state index in [0.29, 0.717) is 27.7 Å². The molecule has 0 unspecified atom stereocenters. The summed E-state index contributed by atoms with van der Waals surface area (Å²) in [6.45, 7) is 3.79. The van der Waals surface area contributed by atoms with Crippen molar-refractivity contribution < 1.29 is 9.21 Å². The van der Waals surface area contributed by atoms with Crippen molar-refractivity contribution in [1.82, 2.24) is 15.3 Å². The molecule has 4 rings (SSSR count). The molecule has 2 heterocycles. The molecular formula is C22H17ClN4O2S. The summed E-state index contributed by atoms with van der Waals surface area (Å²) in [4.78, 5) is 21.1. The third kappa shape index (κ3) is 4.03. The molecular weight excluding hydrogens is 420 g/mol. The molecule has 0 aliphatic rings. The van der Waals surface area contributed by atoms with Gasteiger partial charge in [-0.15, -0.1) is 0 Å². The largest absolute Gasteiger partial charge is 0.434 e. The van der Waals surface area contributed by atoms with E-state index in [9.17, 15) is 4.79 Å². The number of oxazole rings is 1. The van der Waals surface area contributed by atoms with Crippen LogP contribution in [-0.4, -0.2) is 21.0 Å². The molecule has 4 aromatic rings. The molecule has 2 aromatic carbocycles. The molecule has 0 radical (unpaired) electrons. The van der Waals surface area contributed by atoms with Crippen LogP contribution in [0.5, 0.6) is 0 Å². The van der Waals surface area contributed by atoms with Gasteiger partial charge >= 0.3 is 0 Å². The number of halogens is 1. The standard InChI is InChI=1S/C22H17ClN4O2S/c1-12-8-9-14(11-16(12)23)20(28)27-22(30)25-17-6-3-5-15(13(17)2)21-26-19-18(29-21)7-4-10-24-19/h3-11H,1-2H3,(H2,25,27,28,30). The minimum absolute atomic E-state index is 0.177. The van der Waals surface area contributed by atoms with E-state index in [-0.39, 0.29) is 11.0 Å². The van der Waals surface area contributed by atoms with E-state index in [4.69, 9.17) is 28.2 Å². The Kier molecular flexibility index (Phi) is 5.48. The van der Waals surface area contributed by atoms with Gasteiger partial charge in [0.25, 0.3) is 5.91 Å². The number of fused-ring (bicyclic) bond motifs is 1. The number of rotatable bonds is 3. The summed E-state index contributed by atoms with van der Waals surface area (Å²) < 4.78 is 5.82. The quantitative estimate of drug-likeness (QED) is 0.425. The number of benzene rings is 2. The van der Waals surface area contributed by atoms with Gasteiger partial charge in [0, 0.05) is 28.0 Å². The second kappa shape index (κ2) is 8.22. The summed E-state index contributed by atoms with van der Waals surface area (Å²) in [5, 5.41) is 6.44. The lowest BCUT2D eigenvalue weighted by atomic mass is 10.1. The number of amides is 1. The highest BCUT2D eigenvalue weighted by Gasteiger charge is 2.15. The van der Waals surface area contributed by atoms with Crippen LogP contribution in [-0.2, 0) is 0 Å². The molecule has 0 spiro atoms. The fourth-order valence-corrected chi connectivity index (χ4v) is 3.33. The number of nitrogens with one attached hydrogen (secondary N) is 2. The first-order chi connectivity index (χ1) is 14.4.